The van der Waals surface area contributed by atoms with Crippen LogP contribution in [0.4, 0.5) is 13.2 Å². The van der Waals surface area contributed by atoms with Crippen LogP contribution in [-0.4, -0.2) is 49.1 Å². The maximum Gasteiger partial charge on any atom is 0.522 e. The summed E-state index contributed by atoms with van der Waals surface area (Å²) < 4.78 is 40.1. The largest absolute Gasteiger partial charge is 0.522 e. The molecule has 0 aromatic heterocycles. The van der Waals surface area contributed by atoms with Gasteiger partial charge in [-0.3, -0.25) is 9.64 Å². The second-order valence-electron chi connectivity index (χ2n) is 5.92. The van der Waals surface area contributed by atoms with E-state index in [1.807, 2.05) is 0 Å². The molecular weight excluding hydrogens is 257 g/mol. The Hall–Kier alpha value is -0.330. The van der Waals surface area contributed by atoms with Crippen molar-refractivity contribution in [2.24, 2.45) is 5.92 Å². The van der Waals surface area contributed by atoms with Crippen LogP contribution >= 0.6 is 0 Å². The van der Waals surface area contributed by atoms with Gasteiger partial charge < -0.3 is 5.32 Å². The first-order valence-electron chi connectivity index (χ1n) is 7.03. The zero-order chi connectivity index (χ0) is 14.1. The summed E-state index contributed by atoms with van der Waals surface area (Å²) in [6.07, 6.45) is -1.11. The van der Waals surface area contributed by atoms with E-state index in [4.69, 9.17) is 0 Å². The minimum absolute atomic E-state index is 0.0691. The van der Waals surface area contributed by atoms with Gasteiger partial charge in [-0.05, 0) is 32.1 Å². The van der Waals surface area contributed by atoms with E-state index in [0.717, 1.165) is 19.5 Å². The molecule has 1 saturated heterocycles. The van der Waals surface area contributed by atoms with Crippen molar-refractivity contribution in [2.75, 3.05) is 26.2 Å². The normalized spacial score (nSPS) is 33.6. The third kappa shape index (κ3) is 4.07. The standard InChI is InChI=1S/C13H23F3N2O/c1-3-12(2)9-17-11(10-4-5-10)8-18(12)6-7-19-13(14,15)16/h10-11,17H,3-9H2,1-2H3. The highest BCUT2D eigenvalue weighted by Crippen LogP contribution is 2.36. The molecule has 0 radical (unpaired) electrons. The molecule has 2 atom stereocenters. The fourth-order valence-corrected chi connectivity index (χ4v) is 2.78. The number of piperazine rings is 1. The first kappa shape index (κ1) is 15.1. The molecule has 1 aliphatic heterocycles. The molecule has 2 fully saturated rings. The zero-order valence-corrected chi connectivity index (χ0v) is 11.6. The molecule has 1 aliphatic carbocycles. The van der Waals surface area contributed by atoms with E-state index in [0.29, 0.717) is 18.5 Å². The summed E-state index contributed by atoms with van der Waals surface area (Å²) in [5, 5.41) is 3.55. The Morgan fingerprint density at radius 3 is 2.58 bits per heavy atom. The lowest BCUT2D eigenvalue weighted by atomic mass is 9.91. The van der Waals surface area contributed by atoms with Gasteiger partial charge in [0.1, 0.15) is 0 Å². The van der Waals surface area contributed by atoms with E-state index in [9.17, 15) is 13.2 Å². The Labute approximate surface area is 112 Å². The van der Waals surface area contributed by atoms with Gasteiger partial charge in [-0.2, -0.15) is 0 Å². The van der Waals surface area contributed by atoms with Gasteiger partial charge in [-0.25, -0.2) is 0 Å². The summed E-state index contributed by atoms with van der Waals surface area (Å²) in [5.41, 5.74) is -0.0691. The van der Waals surface area contributed by atoms with Gasteiger partial charge in [0, 0.05) is 31.2 Å². The highest BCUT2D eigenvalue weighted by atomic mass is 19.4. The van der Waals surface area contributed by atoms with Crippen LogP contribution in [0.2, 0.25) is 0 Å². The van der Waals surface area contributed by atoms with E-state index in [1.54, 1.807) is 0 Å². The average Bonchev–Trinajstić information content (AvgIpc) is 3.14. The maximum absolute atomic E-state index is 12.0. The monoisotopic (exact) mass is 280 g/mol. The van der Waals surface area contributed by atoms with Crippen LogP contribution in [0.5, 0.6) is 0 Å². The fraction of sp³-hybridized carbons (Fsp3) is 1.00. The summed E-state index contributed by atoms with van der Waals surface area (Å²) >= 11 is 0. The molecule has 0 bridgehead atoms. The number of halogens is 3. The van der Waals surface area contributed by atoms with Crippen LogP contribution in [0.1, 0.15) is 33.1 Å². The first-order chi connectivity index (χ1) is 8.84. The van der Waals surface area contributed by atoms with Crippen molar-refractivity contribution < 1.29 is 17.9 Å². The van der Waals surface area contributed by atoms with Gasteiger partial charge >= 0.3 is 6.36 Å². The van der Waals surface area contributed by atoms with Gasteiger partial charge in [0.25, 0.3) is 0 Å². The molecule has 112 valence electrons. The molecule has 2 rings (SSSR count). The average molecular weight is 280 g/mol. The van der Waals surface area contributed by atoms with Crippen molar-refractivity contribution >= 4 is 0 Å². The van der Waals surface area contributed by atoms with E-state index in [1.165, 1.54) is 12.8 Å². The Morgan fingerprint density at radius 2 is 2.05 bits per heavy atom. The Kier molecular flexibility index (Phi) is 4.42. The highest BCUT2D eigenvalue weighted by Gasteiger charge is 2.41. The molecule has 6 heteroatoms. The van der Waals surface area contributed by atoms with Crippen LogP contribution in [0, 0.1) is 5.92 Å². The lowest BCUT2D eigenvalue weighted by Gasteiger charge is -2.48. The van der Waals surface area contributed by atoms with Crippen molar-refractivity contribution in [3.63, 3.8) is 0 Å². The highest BCUT2D eigenvalue weighted by molar-refractivity contribution is 4.99. The van der Waals surface area contributed by atoms with Crippen LogP contribution in [-0.2, 0) is 4.74 Å². The quantitative estimate of drug-likeness (QED) is 0.837. The maximum atomic E-state index is 12.0. The summed E-state index contributed by atoms with van der Waals surface area (Å²) in [4.78, 5) is 2.16. The second kappa shape index (κ2) is 5.58. The van der Waals surface area contributed by atoms with Gasteiger partial charge in [0.15, 0.2) is 0 Å². The molecule has 2 unspecified atom stereocenters. The second-order valence-corrected chi connectivity index (χ2v) is 5.92. The number of ether oxygens (including phenoxy) is 1. The summed E-state index contributed by atoms with van der Waals surface area (Å²) in [6.45, 7) is 5.92. The van der Waals surface area contributed by atoms with Crippen molar-refractivity contribution in [2.45, 2.75) is 51.1 Å². The SMILES string of the molecule is CCC1(C)CNC(C2CC2)CN1CCOC(F)(F)F. The number of nitrogens with zero attached hydrogens (tertiary/aromatic N) is 1. The van der Waals surface area contributed by atoms with Gasteiger partial charge in [-0.15, -0.1) is 13.2 Å². The molecule has 1 N–H and O–H groups in total. The summed E-state index contributed by atoms with van der Waals surface area (Å²) in [6, 6.07) is 0.436. The van der Waals surface area contributed by atoms with Gasteiger partial charge in [-0.1, -0.05) is 6.92 Å². The van der Waals surface area contributed by atoms with Crippen LogP contribution < -0.4 is 5.32 Å². The third-order valence-electron chi connectivity index (χ3n) is 4.51. The topological polar surface area (TPSA) is 24.5 Å². The first-order valence-corrected chi connectivity index (χ1v) is 7.03. The fourth-order valence-electron chi connectivity index (χ4n) is 2.78. The van der Waals surface area contributed by atoms with Crippen LogP contribution in [0.3, 0.4) is 0 Å². The molecule has 0 amide bonds. The molecule has 0 aromatic carbocycles. The molecule has 0 spiro atoms. The minimum Gasteiger partial charge on any atom is -0.311 e. The third-order valence-corrected chi connectivity index (χ3v) is 4.51. The van der Waals surface area contributed by atoms with Crippen LogP contribution in [0.25, 0.3) is 0 Å². The number of hydrogen-bond donors (Lipinski definition) is 1. The lowest BCUT2D eigenvalue weighted by Crippen LogP contribution is -2.64. The van der Waals surface area contributed by atoms with Crippen molar-refractivity contribution in [1.29, 1.82) is 0 Å². The van der Waals surface area contributed by atoms with Gasteiger partial charge in [0.2, 0.25) is 0 Å². The predicted octanol–water partition coefficient (Wildman–Crippen LogP) is 2.38. The molecular formula is C13H23F3N2O. The van der Waals surface area contributed by atoms with E-state index in [2.05, 4.69) is 28.8 Å². The molecule has 3 nitrogen and oxygen atoms in total. The predicted molar refractivity (Wildman–Crippen MR) is 66.8 cm³/mol. The van der Waals surface area contributed by atoms with Crippen molar-refractivity contribution in [3.8, 4) is 0 Å². The Balaban J connectivity index is 1.88. The smallest absolute Gasteiger partial charge is 0.311 e. The number of nitrogens with one attached hydrogen (secondary N) is 1. The molecule has 0 aromatic rings. The molecule has 19 heavy (non-hydrogen) atoms. The molecule has 1 heterocycles. The molecule has 2 aliphatic rings. The van der Waals surface area contributed by atoms with E-state index in [-0.39, 0.29) is 12.1 Å². The number of alkyl halides is 3. The zero-order valence-electron chi connectivity index (χ0n) is 11.6. The van der Waals surface area contributed by atoms with E-state index < -0.39 is 6.36 Å². The minimum atomic E-state index is -4.52. The van der Waals surface area contributed by atoms with Crippen molar-refractivity contribution in [1.82, 2.24) is 10.2 Å². The Bertz CT molecular complexity index is 307. The summed E-state index contributed by atoms with van der Waals surface area (Å²) in [7, 11) is 0. The van der Waals surface area contributed by atoms with E-state index >= 15 is 0 Å². The summed E-state index contributed by atoms with van der Waals surface area (Å²) in [5.74, 6) is 0.715. The Morgan fingerprint density at radius 1 is 1.37 bits per heavy atom. The molecule has 1 saturated carbocycles. The lowest BCUT2D eigenvalue weighted by molar-refractivity contribution is -0.325. The number of hydrogen-bond acceptors (Lipinski definition) is 3. The van der Waals surface area contributed by atoms with Crippen LogP contribution in [0.15, 0.2) is 0 Å². The number of rotatable bonds is 5. The van der Waals surface area contributed by atoms with Crippen molar-refractivity contribution in [3.05, 3.63) is 0 Å². The van der Waals surface area contributed by atoms with Gasteiger partial charge in [0.05, 0.1) is 6.61 Å².